The van der Waals surface area contributed by atoms with E-state index in [0.29, 0.717) is 19.6 Å². The molecule has 0 radical (unpaired) electrons. The maximum atomic E-state index is 14.5. The summed E-state index contributed by atoms with van der Waals surface area (Å²) in [7, 11) is 3.60. The minimum absolute atomic E-state index is 0.125. The van der Waals surface area contributed by atoms with E-state index >= 15 is 0 Å². The molecule has 1 fully saturated rings. The van der Waals surface area contributed by atoms with Crippen molar-refractivity contribution in [1.29, 1.82) is 0 Å². The van der Waals surface area contributed by atoms with Gasteiger partial charge in [-0.2, -0.15) is 0 Å². The number of carbonyl (C=O) groups is 1. The molecule has 1 saturated heterocycles. The molecule has 1 atom stereocenters. The van der Waals surface area contributed by atoms with Crippen LogP contribution in [0, 0.1) is 11.7 Å². The number of hydrogen-bond acceptors (Lipinski definition) is 5. The number of benzene rings is 1. The molecule has 2 aromatic rings. The molecule has 1 unspecified atom stereocenters. The fourth-order valence-corrected chi connectivity index (χ4v) is 5.05. The standard InChI is InChI=1S/C21H26FN3O2S/c1-24(2)20(26)16(10-17-13-28-14-23-17)11-25-8-6-21(7-9-25)19-15(12-27-21)4-3-5-18(19)22/h3-5,13-14,16H,6-12H2,1-2H3. The number of nitrogens with zero attached hydrogens (tertiary/aromatic N) is 3. The summed E-state index contributed by atoms with van der Waals surface area (Å²) in [6.07, 6.45) is 2.15. The van der Waals surface area contributed by atoms with Gasteiger partial charge in [-0.3, -0.25) is 4.79 Å². The topological polar surface area (TPSA) is 45.7 Å². The van der Waals surface area contributed by atoms with Gasteiger partial charge < -0.3 is 14.5 Å². The number of ether oxygens (including phenoxy) is 1. The van der Waals surface area contributed by atoms with E-state index in [1.54, 1.807) is 41.9 Å². The molecular weight excluding hydrogens is 377 g/mol. The van der Waals surface area contributed by atoms with Crippen LogP contribution in [0.25, 0.3) is 0 Å². The van der Waals surface area contributed by atoms with Crippen molar-refractivity contribution in [2.24, 2.45) is 5.92 Å². The van der Waals surface area contributed by atoms with Gasteiger partial charge in [-0.15, -0.1) is 11.3 Å². The van der Waals surface area contributed by atoms with Gasteiger partial charge in [0.2, 0.25) is 5.91 Å². The van der Waals surface area contributed by atoms with Crippen molar-refractivity contribution in [3.8, 4) is 0 Å². The number of carbonyl (C=O) groups excluding carboxylic acids is 1. The molecule has 150 valence electrons. The zero-order chi connectivity index (χ0) is 19.7. The third-order valence-electron chi connectivity index (χ3n) is 5.93. The van der Waals surface area contributed by atoms with Crippen LogP contribution in [0.15, 0.2) is 29.1 Å². The van der Waals surface area contributed by atoms with Crippen LogP contribution in [0.4, 0.5) is 4.39 Å². The van der Waals surface area contributed by atoms with Crippen LogP contribution in [0.3, 0.4) is 0 Å². The Bertz CT molecular complexity index is 832. The van der Waals surface area contributed by atoms with Gasteiger partial charge in [0.05, 0.1) is 29.3 Å². The molecule has 2 aliphatic heterocycles. The lowest BCUT2D eigenvalue weighted by atomic mass is 9.83. The quantitative estimate of drug-likeness (QED) is 0.770. The minimum atomic E-state index is -0.507. The molecule has 1 aromatic carbocycles. The van der Waals surface area contributed by atoms with Crippen LogP contribution >= 0.6 is 11.3 Å². The lowest BCUT2D eigenvalue weighted by molar-refractivity contribution is -0.134. The van der Waals surface area contributed by atoms with E-state index in [1.165, 1.54) is 6.07 Å². The van der Waals surface area contributed by atoms with Gasteiger partial charge >= 0.3 is 0 Å². The van der Waals surface area contributed by atoms with E-state index in [2.05, 4.69) is 9.88 Å². The normalized spacial score (nSPS) is 19.5. The smallest absolute Gasteiger partial charge is 0.226 e. The first-order chi connectivity index (χ1) is 13.5. The van der Waals surface area contributed by atoms with Crippen molar-refractivity contribution in [3.05, 3.63) is 51.7 Å². The fourth-order valence-electron chi connectivity index (χ4n) is 4.48. The summed E-state index contributed by atoms with van der Waals surface area (Å²) in [5.74, 6) is -0.158. The molecule has 3 heterocycles. The van der Waals surface area contributed by atoms with Gasteiger partial charge in [0, 0.05) is 51.1 Å². The summed E-state index contributed by atoms with van der Waals surface area (Å²) in [5.41, 5.74) is 3.98. The summed E-state index contributed by atoms with van der Waals surface area (Å²) < 4.78 is 20.6. The number of rotatable bonds is 5. The number of hydrogen-bond donors (Lipinski definition) is 0. The maximum absolute atomic E-state index is 14.5. The van der Waals surface area contributed by atoms with Crippen LogP contribution in [-0.4, -0.2) is 54.4 Å². The Morgan fingerprint density at radius 3 is 2.86 bits per heavy atom. The molecule has 1 spiro atoms. The van der Waals surface area contributed by atoms with Gasteiger partial charge in [-0.1, -0.05) is 12.1 Å². The van der Waals surface area contributed by atoms with E-state index in [1.807, 2.05) is 11.4 Å². The van der Waals surface area contributed by atoms with Gasteiger partial charge in [0.25, 0.3) is 0 Å². The van der Waals surface area contributed by atoms with E-state index in [9.17, 15) is 9.18 Å². The highest BCUT2D eigenvalue weighted by molar-refractivity contribution is 7.07. The third kappa shape index (κ3) is 3.71. The predicted octanol–water partition coefficient (Wildman–Crippen LogP) is 3.05. The number of amides is 1. The summed E-state index contributed by atoms with van der Waals surface area (Å²) >= 11 is 1.55. The Morgan fingerprint density at radius 2 is 2.18 bits per heavy atom. The monoisotopic (exact) mass is 403 g/mol. The van der Waals surface area contributed by atoms with Gasteiger partial charge in [0.15, 0.2) is 0 Å². The average Bonchev–Trinajstić information content (AvgIpc) is 3.32. The summed E-state index contributed by atoms with van der Waals surface area (Å²) in [6, 6.07) is 5.24. The predicted molar refractivity (Wildman–Crippen MR) is 107 cm³/mol. The van der Waals surface area contributed by atoms with Crippen LogP contribution in [0.5, 0.6) is 0 Å². The highest BCUT2D eigenvalue weighted by Gasteiger charge is 2.44. The first-order valence-corrected chi connectivity index (χ1v) is 10.7. The van der Waals surface area contributed by atoms with Gasteiger partial charge in [-0.05, 0) is 24.5 Å². The highest BCUT2D eigenvalue weighted by atomic mass is 32.1. The number of likely N-dealkylation sites (tertiary alicyclic amines) is 1. The third-order valence-corrected chi connectivity index (χ3v) is 6.57. The second kappa shape index (κ2) is 7.89. The molecule has 0 saturated carbocycles. The molecule has 4 rings (SSSR count). The van der Waals surface area contributed by atoms with Crippen LogP contribution in [0.1, 0.15) is 29.7 Å². The SMILES string of the molecule is CN(C)C(=O)C(Cc1cscn1)CN1CCC2(CC1)OCc1cccc(F)c12. The van der Waals surface area contributed by atoms with Crippen LogP contribution in [-0.2, 0) is 28.2 Å². The van der Waals surface area contributed by atoms with Crippen molar-refractivity contribution < 1.29 is 13.9 Å². The zero-order valence-corrected chi connectivity index (χ0v) is 17.2. The molecule has 28 heavy (non-hydrogen) atoms. The minimum Gasteiger partial charge on any atom is -0.365 e. The van der Waals surface area contributed by atoms with E-state index in [-0.39, 0.29) is 17.6 Å². The van der Waals surface area contributed by atoms with Crippen molar-refractivity contribution >= 4 is 17.2 Å². The fraction of sp³-hybridized carbons (Fsp3) is 0.524. The van der Waals surface area contributed by atoms with Crippen LogP contribution < -0.4 is 0 Å². The molecule has 0 N–H and O–H groups in total. The molecule has 1 amide bonds. The number of thiazole rings is 1. The number of halogens is 1. The zero-order valence-electron chi connectivity index (χ0n) is 16.4. The van der Waals surface area contributed by atoms with E-state index in [4.69, 9.17) is 4.74 Å². The van der Waals surface area contributed by atoms with Crippen molar-refractivity contribution in [2.75, 3.05) is 33.7 Å². The average molecular weight is 404 g/mol. The van der Waals surface area contributed by atoms with Crippen molar-refractivity contribution in [1.82, 2.24) is 14.8 Å². The molecule has 7 heteroatoms. The van der Waals surface area contributed by atoms with E-state index in [0.717, 1.165) is 42.8 Å². The van der Waals surface area contributed by atoms with Crippen molar-refractivity contribution in [2.45, 2.75) is 31.5 Å². The Balaban J connectivity index is 1.44. The largest absolute Gasteiger partial charge is 0.365 e. The Hall–Kier alpha value is -1.83. The molecular formula is C21H26FN3O2S. The van der Waals surface area contributed by atoms with E-state index < -0.39 is 5.60 Å². The van der Waals surface area contributed by atoms with Crippen LogP contribution in [0.2, 0.25) is 0 Å². The summed E-state index contributed by atoms with van der Waals surface area (Å²) in [5, 5.41) is 2.01. The molecule has 2 aliphatic rings. The lowest BCUT2D eigenvalue weighted by Gasteiger charge is -2.40. The molecule has 5 nitrogen and oxygen atoms in total. The van der Waals surface area contributed by atoms with Crippen molar-refractivity contribution in [3.63, 3.8) is 0 Å². The number of fused-ring (bicyclic) bond motifs is 2. The second-order valence-electron chi connectivity index (χ2n) is 7.97. The summed E-state index contributed by atoms with van der Waals surface area (Å²) in [6.45, 7) is 2.76. The molecule has 1 aromatic heterocycles. The number of aromatic nitrogens is 1. The maximum Gasteiger partial charge on any atom is 0.226 e. The summed E-state index contributed by atoms with van der Waals surface area (Å²) in [4.78, 5) is 21.0. The molecule has 0 bridgehead atoms. The van der Waals surface area contributed by atoms with Gasteiger partial charge in [0.1, 0.15) is 5.82 Å². The first-order valence-electron chi connectivity index (χ1n) is 9.71. The second-order valence-corrected chi connectivity index (χ2v) is 8.69. The first kappa shape index (κ1) is 19.5. The highest BCUT2D eigenvalue weighted by Crippen LogP contribution is 2.45. The van der Waals surface area contributed by atoms with Gasteiger partial charge in [-0.25, -0.2) is 9.37 Å². The lowest BCUT2D eigenvalue weighted by Crippen LogP contribution is -2.47. The Labute approximate surface area is 169 Å². The molecule has 0 aliphatic carbocycles. The number of piperidine rings is 1. The Morgan fingerprint density at radius 1 is 1.39 bits per heavy atom. The Kier molecular flexibility index (Phi) is 5.49.